The van der Waals surface area contributed by atoms with Crippen LogP contribution in [0.5, 0.6) is 5.75 Å². The van der Waals surface area contributed by atoms with Crippen molar-refractivity contribution in [1.82, 2.24) is 4.72 Å². The summed E-state index contributed by atoms with van der Waals surface area (Å²) in [5.74, 6) is -1.45. The van der Waals surface area contributed by atoms with Crippen molar-refractivity contribution >= 4 is 15.9 Å². The van der Waals surface area contributed by atoms with Crippen LogP contribution >= 0.6 is 0 Å². The number of hydrogen-bond donors (Lipinski definition) is 1. The standard InChI is InChI=1S/C14H18FNO4S/c1-21(18,19)16-14(17)11-7-4-8-12(13(11)15)20-9-10-5-2-3-6-10/h4,7-8,10H,2-3,5-6,9H2,1H3,(H,16,17). The SMILES string of the molecule is CS(=O)(=O)NC(=O)c1cccc(OCC2CCCC2)c1F. The minimum absolute atomic E-state index is 0.0250. The maximum atomic E-state index is 14.2. The number of hydrogen-bond acceptors (Lipinski definition) is 4. The highest BCUT2D eigenvalue weighted by molar-refractivity contribution is 7.89. The highest BCUT2D eigenvalue weighted by Gasteiger charge is 2.20. The second-order valence-electron chi connectivity index (χ2n) is 5.28. The minimum atomic E-state index is -3.73. The van der Waals surface area contributed by atoms with Crippen LogP contribution in [0.1, 0.15) is 36.0 Å². The monoisotopic (exact) mass is 315 g/mol. The van der Waals surface area contributed by atoms with Gasteiger partial charge in [-0.3, -0.25) is 4.79 Å². The van der Waals surface area contributed by atoms with Crippen molar-refractivity contribution in [3.05, 3.63) is 29.6 Å². The average Bonchev–Trinajstić information content (AvgIpc) is 2.88. The van der Waals surface area contributed by atoms with E-state index in [9.17, 15) is 17.6 Å². The van der Waals surface area contributed by atoms with E-state index in [1.54, 1.807) is 4.72 Å². The van der Waals surface area contributed by atoms with Gasteiger partial charge in [-0.25, -0.2) is 17.5 Å². The smallest absolute Gasteiger partial charge is 0.267 e. The Labute approximate surface area is 123 Å². The molecule has 1 aromatic carbocycles. The lowest BCUT2D eigenvalue weighted by Crippen LogP contribution is -2.30. The molecule has 0 spiro atoms. The molecule has 1 aliphatic carbocycles. The Hall–Kier alpha value is -1.63. The van der Waals surface area contributed by atoms with Gasteiger partial charge < -0.3 is 4.74 Å². The zero-order valence-electron chi connectivity index (χ0n) is 11.8. The fourth-order valence-electron chi connectivity index (χ4n) is 2.41. The number of carbonyl (C=O) groups is 1. The molecule has 1 aliphatic rings. The molecule has 1 N–H and O–H groups in total. The first-order valence-corrected chi connectivity index (χ1v) is 8.69. The van der Waals surface area contributed by atoms with Crippen molar-refractivity contribution in [2.75, 3.05) is 12.9 Å². The molecule has 5 nitrogen and oxygen atoms in total. The molecular weight excluding hydrogens is 297 g/mol. The molecule has 1 aromatic rings. The third-order valence-corrected chi connectivity index (χ3v) is 3.99. The summed E-state index contributed by atoms with van der Waals surface area (Å²) in [4.78, 5) is 11.7. The van der Waals surface area contributed by atoms with Crippen LogP contribution in [0.2, 0.25) is 0 Å². The van der Waals surface area contributed by atoms with Crippen LogP contribution < -0.4 is 9.46 Å². The molecule has 116 valence electrons. The number of nitrogens with one attached hydrogen (secondary N) is 1. The number of amides is 1. The van der Waals surface area contributed by atoms with E-state index in [1.165, 1.54) is 18.2 Å². The molecule has 7 heteroatoms. The van der Waals surface area contributed by atoms with Crippen molar-refractivity contribution in [3.63, 3.8) is 0 Å². The molecule has 1 saturated carbocycles. The summed E-state index contributed by atoms with van der Waals surface area (Å²) in [6, 6.07) is 4.12. The van der Waals surface area contributed by atoms with Crippen LogP contribution in [0.15, 0.2) is 18.2 Å². The van der Waals surface area contributed by atoms with E-state index in [0.29, 0.717) is 12.5 Å². The second-order valence-corrected chi connectivity index (χ2v) is 7.03. The van der Waals surface area contributed by atoms with Gasteiger partial charge in [0.15, 0.2) is 11.6 Å². The zero-order chi connectivity index (χ0) is 15.5. The Morgan fingerprint density at radius 3 is 2.67 bits per heavy atom. The van der Waals surface area contributed by atoms with Crippen molar-refractivity contribution in [2.45, 2.75) is 25.7 Å². The summed E-state index contributed by atoms with van der Waals surface area (Å²) in [5.41, 5.74) is -0.343. The molecular formula is C14H18FNO4S. The third kappa shape index (κ3) is 4.42. The summed E-state index contributed by atoms with van der Waals surface area (Å²) < 4.78 is 43.4. The van der Waals surface area contributed by atoms with Gasteiger partial charge in [0.2, 0.25) is 10.0 Å². The number of halogens is 1. The van der Waals surface area contributed by atoms with Crippen molar-refractivity contribution in [1.29, 1.82) is 0 Å². The molecule has 0 aromatic heterocycles. The molecule has 0 atom stereocenters. The fraction of sp³-hybridized carbons (Fsp3) is 0.500. The predicted molar refractivity (Wildman–Crippen MR) is 76.2 cm³/mol. The molecule has 2 rings (SSSR count). The van der Waals surface area contributed by atoms with Crippen LogP contribution in [0, 0.1) is 11.7 Å². The van der Waals surface area contributed by atoms with Gasteiger partial charge in [0.05, 0.1) is 18.4 Å². The van der Waals surface area contributed by atoms with Crippen molar-refractivity contribution < 1.29 is 22.3 Å². The van der Waals surface area contributed by atoms with Crippen LogP contribution in [-0.4, -0.2) is 27.2 Å². The lowest BCUT2D eigenvalue weighted by atomic mass is 10.1. The number of benzene rings is 1. The second kappa shape index (κ2) is 6.43. The molecule has 0 radical (unpaired) electrons. The Morgan fingerprint density at radius 2 is 2.05 bits per heavy atom. The van der Waals surface area contributed by atoms with Gasteiger partial charge in [0.1, 0.15) is 0 Å². The quantitative estimate of drug-likeness (QED) is 0.903. The first-order valence-electron chi connectivity index (χ1n) is 6.80. The third-order valence-electron chi connectivity index (χ3n) is 3.44. The van der Waals surface area contributed by atoms with E-state index < -0.39 is 21.7 Å². The average molecular weight is 315 g/mol. The van der Waals surface area contributed by atoms with E-state index in [1.807, 2.05) is 0 Å². The molecule has 0 unspecified atom stereocenters. The van der Waals surface area contributed by atoms with E-state index in [4.69, 9.17) is 4.74 Å². The van der Waals surface area contributed by atoms with Gasteiger partial charge in [0, 0.05) is 0 Å². The topological polar surface area (TPSA) is 72.5 Å². The highest BCUT2D eigenvalue weighted by Crippen LogP contribution is 2.27. The van der Waals surface area contributed by atoms with E-state index in [-0.39, 0.29) is 11.3 Å². The van der Waals surface area contributed by atoms with Gasteiger partial charge >= 0.3 is 0 Å². The van der Waals surface area contributed by atoms with E-state index in [2.05, 4.69) is 0 Å². The number of ether oxygens (including phenoxy) is 1. The van der Waals surface area contributed by atoms with Gasteiger partial charge in [-0.15, -0.1) is 0 Å². The number of sulfonamides is 1. The zero-order valence-corrected chi connectivity index (χ0v) is 12.6. The maximum absolute atomic E-state index is 14.2. The Kier molecular flexibility index (Phi) is 4.82. The lowest BCUT2D eigenvalue weighted by molar-refractivity contribution is 0.0976. The van der Waals surface area contributed by atoms with E-state index >= 15 is 0 Å². The molecule has 0 saturated heterocycles. The number of carbonyl (C=O) groups excluding carboxylic acids is 1. The molecule has 1 fully saturated rings. The van der Waals surface area contributed by atoms with Crippen molar-refractivity contribution in [2.24, 2.45) is 5.92 Å². The maximum Gasteiger partial charge on any atom is 0.267 e. The van der Waals surface area contributed by atoms with Crippen LogP contribution in [0.4, 0.5) is 4.39 Å². The Bertz CT molecular complexity index is 624. The van der Waals surface area contributed by atoms with Gasteiger partial charge in [0.25, 0.3) is 5.91 Å². The summed E-state index contributed by atoms with van der Waals surface area (Å²) in [5, 5.41) is 0. The normalized spacial score (nSPS) is 15.9. The predicted octanol–water partition coefficient (Wildman–Crippen LogP) is 2.08. The Morgan fingerprint density at radius 1 is 1.38 bits per heavy atom. The molecule has 0 heterocycles. The van der Waals surface area contributed by atoms with Crippen LogP contribution in [-0.2, 0) is 10.0 Å². The molecule has 0 bridgehead atoms. The largest absolute Gasteiger partial charge is 0.490 e. The molecule has 21 heavy (non-hydrogen) atoms. The highest BCUT2D eigenvalue weighted by atomic mass is 32.2. The minimum Gasteiger partial charge on any atom is -0.490 e. The van der Waals surface area contributed by atoms with Crippen LogP contribution in [0.3, 0.4) is 0 Å². The fourth-order valence-corrected chi connectivity index (χ4v) is 2.85. The molecule has 0 aliphatic heterocycles. The summed E-state index contributed by atoms with van der Waals surface area (Å²) >= 11 is 0. The van der Waals surface area contributed by atoms with E-state index in [0.717, 1.165) is 31.9 Å². The van der Waals surface area contributed by atoms with Gasteiger partial charge in [-0.2, -0.15) is 0 Å². The van der Waals surface area contributed by atoms with Crippen LogP contribution in [0.25, 0.3) is 0 Å². The summed E-state index contributed by atoms with van der Waals surface area (Å²) in [7, 11) is -3.73. The van der Waals surface area contributed by atoms with Gasteiger partial charge in [-0.1, -0.05) is 18.9 Å². The molecule has 1 amide bonds. The first-order chi connectivity index (χ1) is 9.87. The Balaban J connectivity index is 2.09. The summed E-state index contributed by atoms with van der Waals surface area (Å²) in [6.07, 6.45) is 5.29. The van der Waals surface area contributed by atoms with Crippen molar-refractivity contribution in [3.8, 4) is 5.75 Å². The number of rotatable bonds is 5. The summed E-state index contributed by atoms with van der Waals surface area (Å²) in [6.45, 7) is 0.411. The lowest BCUT2D eigenvalue weighted by Gasteiger charge is -2.13. The first kappa shape index (κ1) is 15.8. The van der Waals surface area contributed by atoms with Gasteiger partial charge in [-0.05, 0) is 30.9 Å².